The van der Waals surface area contributed by atoms with Gasteiger partial charge in [0, 0.05) is 5.56 Å². The zero-order valence-electron chi connectivity index (χ0n) is 8.95. The number of aromatic hydroxyl groups is 1. The minimum atomic E-state index is -0.496. The smallest absolute Gasteiger partial charge is 0.252 e. The third kappa shape index (κ3) is 1.04. The molecule has 0 spiro atoms. The predicted octanol–water partition coefficient (Wildman–Crippen LogP) is 1.18. The second-order valence-corrected chi connectivity index (χ2v) is 4.57. The summed E-state index contributed by atoms with van der Waals surface area (Å²) in [5, 5.41) is 13.5. The van der Waals surface area contributed by atoms with Gasteiger partial charge in [-0.25, -0.2) is 5.43 Å². The van der Waals surface area contributed by atoms with Gasteiger partial charge in [0.15, 0.2) is 0 Å². The topological polar surface area (TPSA) is 61.7 Å². The highest BCUT2D eigenvalue weighted by Gasteiger charge is 2.46. The summed E-state index contributed by atoms with van der Waals surface area (Å²) in [6.45, 7) is 1.92. The number of aryl methyl sites for hydroxylation is 1. The maximum absolute atomic E-state index is 11.7. The third-order valence-electron chi connectivity index (χ3n) is 3.53. The van der Waals surface area contributed by atoms with Crippen molar-refractivity contribution in [1.82, 2.24) is 5.43 Å². The van der Waals surface area contributed by atoms with Crippen molar-refractivity contribution in [3.05, 3.63) is 29.3 Å². The number of phenolic OH excluding ortho intramolecular Hbond substituents is 1. The van der Waals surface area contributed by atoms with Crippen molar-refractivity contribution in [2.24, 2.45) is 10.5 Å². The number of fused-ring (bicyclic) bond motifs is 3. The summed E-state index contributed by atoms with van der Waals surface area (Å²) in [4.78, 5) is 11.7. The average Bonchev–Trinajstić information content (AvgIpc) is 2.56. The highest BCUT2D eigenvalue weighted by molar-refractivity contribution is 6.20. The number of benzene rings is 1. The van der Waals surface area contributed by atoms with Crippen LogP contribution in [-0.2, 0) is 11.2 Å². The van der Waals surface area contributed by atoms with Gasteiger partial charge in [0.2, 0.25) is 0 Å². The van der Waals surface area contributed by atoms with Gasteiger partial charge >= 0.3 is 0 Å². The van der Waals surface area contributed by atoms with Crippen LogP contribution in [0.2, 0.25) is 0 Å². The Morgan fingerprint density at radius 3 is 3.12 bits per heavy atom. The Morgan fingerprint density at radius 1 is 1.50 bits per heavy atom. The first-order valence-electron chi connectivity index (χ1n) is 5.32. The number of hydrogen-bond donors (Lipinski definition) is 2. The van der Waals surface area contributed by atoms with Gasteiger partial charge in [0.05, 0.1) is 11.1 Å². The first kappa shape index (κ1) is 9.39. The second kappa shape index (κ2) is 2.84. The average molecular weight is 216 g/mol. The maximum atomic E-state index is 11.7. The Kier molecular flexibility index (Phi) is 1.67. The van der Waals surface area contributed by atoms with Crippen LogP contribution in [0.1, 0.15) is 24.5 Å². The lowest BCUT2D eigenvalue weighted by Crippen LogP contribution is -2.39. The number of carbonyl (C=O) groups is 1. The molecule has 1 aliphatic carbocycles. The molecule has 0 aromatic heterocycles. The van der Waals surface area contributed by atoms with E-state index in [9.17, 15) is 9.90 Å². The molecule has 1 unspecified atom stereocenters. The molecule has 1 aromatic carbocycles. The molecule has 3 rings (SSSR count). The predicted molar refractivity (Wildman–Crippen MR) is 59.2 cm³/mol. The standard InChI is InChI=1S/C12H12N2O2/c1-12-5-4-7-6-8(15)2-3-9(7)10(12)13-14-11(12)16/h2-3,6,15H,4-5H2,1H3,(H,14,16). The van der Waals surface area contributed by atoms with Crippen molar-refractivity contribution in [2.45, 2.75) is 19.8 Å². The molecule has 82 valence electrons. The largest absolute Gasteiger partial charge is 0.508 e. The van der Waals surface area contributed by atoms with Crippen LogP contribution in [-0.4, -0.2) is 16.7 Å². The Bertz CT molecular complexity index is 522. The third-order valence-corrected chi connectivity index (χ3v) is 3.53. The van der Waals surface area contributed by atoms with Gasteiger partial charge in [-0.15, -0.1) is 0 Å². The minimum absolute atomic E-state index is 0.0266. The van der Waals surface area contributed by atoms with E-state index in [4.69, 9.17) is 0 Å². The normalized spacial score (nSPS) is 26.8. The molecule has 16 heavy (non-hydrogen) atoms. The summed E-state index contributed by atoms with van der Waals surface area (Å²) in [6, 6.07) is 5.22. The van der Waals surface area contributed by atoms with Gasteiger partial charge in [-0.1, -0.05) is 0 Å². The zero-order valence-corrected chi connectivity index (χ0v) is 8.95. The van der Waals surface area contributed by atoms with Gasteiger partial charge in [-0.05, 0) is 43.5 Å². The second-order valence-electron chi connectivity index (χ2n) is 4.57. The van der Waals surface area contributed by atoms with E-state index in [1.807, 2.05) is 13.0 Å². The van der Waals surface area contributed by atoms with Crippen LogP contribution in [0.5, 0.6) is 5.75 Å². The number of carbonyl (C=O) groups excluding carboxylic acids is 1. The molecule has 0 saturated heterocycles. The van der Waals surface area contributed by atoms with Crippen molar-refractivity contribution in [3.8, 4) is 5.75 Å². The van der Waals surface area contributed by atoms with Crippen LogP contribution >= 0.6 is 0 Å². The Balaban J connectivity index is 2.18. The molecule has 1 atom stereocenters. The van der Waals surface area contributed by atoms with Crippen molar-refractivity contribution >= 4 is 11.6 Å². The van der Waals surface area contributed by atoms with Crippen molar-refractivity contribution in [2.75, 3.05) is 0 Å². The molecule has 2 aliphatic rings. The quantitative estimate of drug-likeness (QED) is 0.684. The first-order chi connectivity index (χ1) is 7.61. The summed E-state index contributed by atoms with van der Waals surface area (Å²) in [6.07, 6.45) is 1.54. The number of hydrogen-bond acceptors (Lipinski definition) is 3. The molecule has 0 fully saturated rings. The summed E-state index contributed by atoms with van der Waals surface area (Å²) >= 11 is 0. The number of amides is 1. The lowest BCUT2D eigenvalue weighted by molar-refractivity contribution is -0.125. The summed E-state index contributed by atoms with van der Waals surface area (Å²) in [5.41, 5.74) is 4.89. The van der Waals surface area contributed by atoms with Crippen molar-refractivity contribution in [3.63, 3.8) is 0 Å². The number of nitrogens with one attached hydrogen (secondary N) is 1. The van der Waals surface area contributed by atoms with Gasteiger partial charge in [0.25, 0.3) is 5.91 Å². The van der Waals surface area contributed by atoms with E-state index in [-0.39, 0.29) is 11.7 Å². The van der Waals surface area contributed by atoms with E-state index in [0.29, 0.717) is 0 Å². The number of phenols is 1. The fourth-order valence-corrected chi connectivity index (χ4v) is 2.45. The Hall–Kier alpha value is -1.84. The molecular formula is C12H12N2O2. The van der Waals surface area contributed by atoms with Gasteiger partial charge in [-0.3, -0.25) is 4.79 Å². The Morgan fingerprint density at radius 2 is 2.31 bits per heavy atom. The summed E-state index contributed by atoms with van der Waals surface area (Å²) in [5.74, 6) is 0.237. The molecule has 1 aromatic rings. The van der Waals surface area contributed by atoms with Crippen LogP contribution in [0, 0.1) is 5.41 Å². The van der Waals surface area contributed by atoms with E-state index in [0.717, 1.165) is 29.7 Å². The lowest BCUT2D eigenvalue weighted by Gasteiger charge is -2.29. The molecule has 0 saturated carbocycles. The van der Waals surface area contributed by atoms with Crippen LogP contribution in [0.4, 0.5) is 0 Å². The summed E-state index contributed by atoms with van der Waals surface area (Å²) in [7, 11) is 0. The number of nitrogens with zero attached hydrogens (tertiary/aromatic N) is 1. The Labute approximate surface area is 93.0 Å². The highest BCUT2D eigenvalue weighted by Crippen LogP contribution is 2.39. The molecule has 4 nitrogen and oxygen atoms in total. The monoisotopic (exact) mass is 216 g/mol. The van der Waals surface area contributed by atoms with E-state index < -0.39 is 5.41 Å². The molecule has 0 radical (unpaired) electrons. The van der Waals surface area contributed by atoms with Crippen molar-refractivity contribution in [1.29, 1.82) is 0 Å². The number of hydrazone groups is 1. The van der Waals surface area contributed by atoms with E-state index in [2.05, 4.69) is 10.5 Å². The molecule has 4 heteroatoms. The van der Waals surface area contributed by atoms with Crippen LogP contribution < -0.4 is 5.43 Å². The lowest BCUT2D eigenvalue weighted by atomic mass is 9.71. The molecule has 1 heterocycles. The highest BCUT2D eigenvalue weighted by atomic mass is 16.3. The fraction of sp³-hybridized carbons (Fsp3) is 0.333. The van der Waals surface area contributed by atoms with Gasteiger partial charge in [-0.2, -0.15) is 5.10 Å². The van der Waals surface area contributed by atoms with Gasteiger partial charge in [0.1, 0.15) is 5.75 Å². The van der Waals surface area contributed by atoms with E-state index in [1.54, 1.807) is 12.1 Å². The minimum Gasteiger partial charge on any atom is -0.508 e. The number of rotatable bonds is 0. The van der Waals surface area contributed by atoms with Crippen molar-refractivity contribution < 1.29 is 9.90 Å². The van der Waals surface area contributed by atoms with Crippen LogP contribution in [0.3, 0.4) is 0 Å². The van der Waals surface area contributed by atoms with E-state index in [1.165, 1.54) is 0 Å². The van der Waals surface area contributed by atoms with Gasteiger partial charge < -0.3 is 5.11 Å². The molecule has 0 bridgehead atoms. The zero-order chi connectivity index (χ0) is 11.3. The maximum Gasteiger partial charge on any atom is 0.252 e. The first-order valence-corrected chi connectivity index (χ1v) is 5.32. The van der Waals surface area contributed by atoms with E-state index >= 15 is 0 Å². The van der Waals surface area contributed by atoms with Crippen LogP contribution in [0.25, 0.3) is 0 Å². The summed E-state index contributed by atoms with van der Waals surface area (Å²) < 4.78 is 0. The molecule has 1 amide bonds. The SMILES string of the molecule is CC12CCc3cc(O)ccc3C1=NNC2=O. The van der Waals surface area contributed by atoms with Crippen LogP contribution in [0.15, 0.2) is 23.3 Å². The molecular weight excluding hydrogens is 204 g/mol. The molecule has 1 aliphatic heterocycles. The molecule has 2 N–H and O–H groups in total. The fourth-order valence-electron chi connectivity index (χ4n) is 2.45.